The molecule has 5 N–H and O–H groups in total. The molecule has 0 bridgehead atoms. The Morgan fingerprint density at radius 2 is 1.32 bits per heavy atom. The fourth-order valence-electron chi connectivity index (χ4n) is 4.01. The molecular formula is C25H48O9. The standard InChI is InChI=1S/C25H48O9/c1-18(2)14-12-10-8-6-4-3-5-7-9-11-13-15-32-16-19(26)17-33-25-22(29)20(27)21(28)23(34-25)24(30)31/h18-23,25-29H,3-17H2,1-2H3,(H,30,31)/t19-,20+,21+,22-,23+,25+/m1/s1. The molecule has 1 aliphatic rings. The van der Waals surface area contributed by atoms with Gasteiger partial charge in [-0.15, -0.1) is 0 Å². The van der Waals surface area contributed by atoms with Crippen LogP contribution in [-0.2, 0) is 19.0 Å². The molecule has 1 rings (SSSR count). The first kappa shape index (κ1) is 31.2. The summed E-state index contributed by atoms with van der Waals surface area (Å²) in [4.78, 5) is 11.1. The lowest BCUT2D eigenvalue weighted by molar-refractivity contribution is -0.298. The molecule has 0 aromatic carbocycles. The van der Waals surface area contributed by atoms with E-state index in [0.29, 0.717) is 6.61 Å². The predicted molar refractivity (Wildman–Crippen MR) is 127 cm³/mol. The van der Waals surface area contributed by atoms with Gasteiger partial charge in [0.15, 0.2) is 12.4 Å². The Hall–Kier alpha value is -0.810. The van der Waals surface area contributed by atoms with Crippen LogP contribution >= 0.6 is 0 Å². The Bertz CT molecular complexity index is 517. The molecule has 9 heteroatoms. The van der Waals surface area contributed by atoms with Crippen molar-refractivity contribution in [1.29, 1.82) is 0 Å². The molecular weight excluding hydrogens is 444 g/mol. The normalized spacial score (nSPS) is 26.1. The topological polar surface area (TPSA) is 146 Å². The van der Waals surface area contributed by atoms with Gasteiger partial charge in [0, 0.05) is 6.61 Å². The third-order valence-electron chi connectivity index (χ3n) is 6.15. The van der Waals surface area contributed by atoms with Crippen molar-refractivity contribution in [3.63, 3.8) is 0 Å². The quantitative estimate of drug-likeness (QED) is 0.162. The van der Waals surface area contributed by atoms with Crippen LogP contribution in [0.3, 0.4) is 0 Å². The summed E-state index contributed by atoms with van der Waals surface area (Å²) in [6, 6.07) is 0. The number of hydrogen-bond acceptors (Lipinski definition) is 8. The molecule has 0 aromatic heterocycles. The zero-order valence-electron chi connectivity index (χ0n) is 21.0. The van der Waals surface area contributed by atoms with Gasteiger partial charge in [0.2, 0.25) is 0 Å². The Morgan fingerprint density at radius 3 is 1.85 bits per heavy atom. The van der Waals surface area contributed by atoms with Gasteiger partial charge in [-0.2, -0.15) is 0 Å². The molecule has 1 heterocycles. The predicted octanol–water partition coefficient (Wildman–Crippen LogP) is 2.61. The summed E-state index contributed by atoms with van der Waals surface area (Å²) in [5.41, 5.74) is 0. The number of hydrogen-bond donors (Lipinski definition) is 5. The van der Waals surface area contributed by atoms with Crippen molar-refractivity contribution in [2.45, 2.75) is 128 Å². The van der Waals surface area contributed by atoms with Crippen LogP contribution in [0.25, 0.3) is 0 Å². The smallest absolute Gasteiger partial charge is 0.335 e. The summed E-state index contributed by atoms with van der Waals surface area (Å²) in [6.07, 6.45) is 5.83. The molecule has 0 spiro atoms. The Kier molecular flexibility index (Phi) is 16.9. The van der Waals surface area contributed by atoms with E-state index in [1.165, 1.54) is 64.2 Å². The maximum atomic E-state index is 11.1. The minimum Gasteiger partial charge on any atom is -0.479 e. The van der Waals surface area contributed by atoms with E-state index in [0.717, 1.165) is 18.8 Å². The second-order valence-electron chi connectivity index (χ2n) is 9.87. The van der Waals surface area contributed by atoms with Crippen LogP contribution in [0.1, 0.15) is 90.9 Å². The van der Waals surface area contributed by atoms with E-state index in [4.69, 9.17) is 19.3 Å². The zero-order valence-corrected chi connectivity index (χ0v) is 21.0. The van der Waals surface area contributed by atoms with E-state index in [1.807, 2.05) is 0 Å². The van der Waals surface area contributed by atoms with Crippen LogP contribution < -0.4 is 0 Å². The van der Waals surface area contributed by atoms with E-state index < -0.39 is 42.8 Å². The fraction of sp³-hybridized carbons (Fsp3) is 0.960. The van der Waals surface area contributed by atoms with Crippen LogP contribution in [0, 0.1) is 5.92 Å². The number of rotatable bonds is 20. The van der Waals surface area contributed by atoms with Gasteiger partial charge >= 0.3 is 5.97 Å². The molecule has 0 aliphatic carbocycles. The van der Waals surface area contributed by atoms with Crippen molar-refractivity contribution >= 4 is 5.97 Å². The molecule has 9 nitrogen and oxygen atoms in total. The number of ether oxygens (including phenoxy) is 3. The Balaban J connectivity index is 1.95. The van der Waals surface area contributed by atoms with Crippen LogP contribution in [0.2, 0.25) is 0 Å². The summed E-state index contributed by atoms with van der Waals surface area (Å²) in [5, 5.41) is 48.2. The van der Waals surface area contributed by atoms with Crippen molar-refractivity contribution in [3.05, 3.63) is 0 Å². The van der Waals surface area contributed by atoms with Gasteiger partial charge in [-0.05, 0) is 12.3 Å². The first-order valence-electron chi connectivity index (χ1n) is 13.0. The van der Waals surface area contributed by atoms with Crippen molar-refractivity contribution in [1.82, 2.24) is 0 Å². The van der Waals surface area contributed by atoms with E-state index in [1.54, 1.807) is 0 Å². The van der Waals surface area contributed by atoms with E-state index in [9.17, 15) is 25.2 Å². The minimum absolute atomic E-state index is 0.0352. The minimum atomic E-state index is -1.77. The number of carboxylic acid groups (broad SMARTS) is 1. The Labute approximate surface area is 204 Å². The lowest BCUT2D eigenvalue weighted by Gasteiger charge is -2.38. The van der Waals surface area contributed by atoms with Crippen molar-refractivity contribution in [2.24, 2.45) is 5.92 Å². The van der Waals surface area contributed by atoms with Crippen molar-refractivity contribution < 1.29 is 44.5 Å². The average Bonchev–Trinajstić information content (AvgIpc) is 2.79. The SMILES string of the molecule is CC(C)CCCCCCCCCCCCCOC[C@@H](O)CO[C@H]1O[C@H](C(=O)O)[C@@H](O)[C@H](O)[C@H]1O. The van der Waals surface area contributed by atoms with Gasteiger partial charge < -0.3 is 39.7 Å². The van der Waals surface area contributed by atoms with Crippen LogP contribution in [0.4, 0.5) is 0 Å². The molecule has 0 unspecified atom stereocenters. The van der Waals surface area contributed by atoms with Crippen molar-refractivity contribution in [2.75, 3.05) is 19.8 Å². The number of unbranched alkanes of at least 4 members (excludes halogenated alkanes) is 10. The van der Waals surface area contributed by atoms with Crippen LogP contribution in [0.15, 0.2) is 0 Å². The van der Waals surface area contributed by atoms with Gasteiger partial charge in [0.05, 0.1) is 13.2 Å². The molecule has 0 radical (unpaired) electrons. The number of aliphatic carboxylic acids is 1. The molecule has 202 valence electrons. The maximum absolute atomic E-state index is 11.1. The summed E-state index contributed by atoms with van der Waals surface area (Å²) in [5.74, 6) is -0.660. The van der Waals surface area contributed by atoms with Gasteiger partial charge in [-0.3, -0.25) is 0 Å². The third kappa shape index (κ3) is 13.3. The molecule has 1 saturated heterocycles. The highest BCUT2D eigenvalue weighted by Gasteiger charge is 2.47. The third-order valence-corrected chi connectivity index (χ3v) is 6.15. The largest absolute Gasteiger partial charge is 0.479 e. The van der Waals surface area contributed by atoms with Gasteiger partial charge in [-0.25, -0.2) is 4.79 Å². The highest BCUT2D eigenvalue weighted by Crippen LogP contribution is 2.22. The second-order valence-corrected chi connectivity index (χ2v) is 9.87. The van der Waals surface area contributed by atoms with Crippen LogP contribution in [-0.4, -0.2) is 88.1 Å². The van der Waals surface area contributed by atoms with E-state index >= 15 is 0 Å². The first-order valence-corrected chi connectivity index (χ1v) is 13.0. The first-order chi connectivity index (χ1) is 16.2. The van der Waals surface area contributed by atoms with Gasteiger partial charge in [0.1, 0.15) is 24.4 Å². The molecule has 0 aromatic rings. The summed E-state index contributed by atoms with van der Waals surface area (Å²) < 4.78 is 15.6. The number of carboxylic acids is 1. The monoisotopic (exact) mass is 492 g/mol. The number of aliphatic hydroxyl groups excluding tert-OH is 4. The lowest BCUT2D eigenvalue weighted by atomic mass is 9.99. The Morgan fingerprint density at radius 1 is 0.794 bits per heavy atom. The summed E-state index contributed by atoms with van der Waals surface area (Å²) in [6.45, 7) is 4.87. The molecule has 1 fully saturated rings. The molecule has 6 atom stereocenters. The number of carbonyl (C=O) groups is 1. The van der Waals surface area contributed by atoms with E-state index in [2.05, 4.69) is 13.8 Å². The van der Waals surface area contributed by atoms with Gasteiger partial charge in [0.25, 0.3) is 0 Å². The molecule has 1 aliphatic heterocycles. The molecule has 0 amide bonds. The lowest BCUT2D eigenvalue weighted by Crippen LogP contribution is -2.60. The maximum Gasteiger partial charge on any atom is 0.335 e. The second kappa shape index (κ2) is 18.5. The van der Waals surface area contributed by atoms with Crippen molar-refractivity contribution in [3.8, 4) is 0 Å². The molecule has 34 heavy (non-hydrogen) atoms. The highest BCUT2D eigenvalue weighted by atomic mass is 16.7. The highest BCUT2D eigenvalue weighted by molar-refractivity contribution is 5.73. The van der Waals surface area contributed by atoms with E-state index in [-0.39, 0.29) is 13.2 Å². The fourth-order valence-corrected chi connectivity index (χ4v) is 4.01. The van der Waals surface area contributed by atoms with Crippen LogP contribution in [0.5, 0.6) is 0 Å². The average molecular weight is 493 g/mol. The number of aliphatic hydroxyl groups is 4. The zero-order chi connectivity index (χ0) is 25.3. The summed E-state index contributed by atoms with van der Waals surface area (Å²) in [7, 11) is 0. The summed E-state index contributed by atoms with van der Waals surface area (Å²) >= 11 is 0. The van der Waals surface area contributed by atoms with Gasteiger partial charge in [-0.1, -0.05) is 84.5 Å². The molecule has 0 saturated carbocycles.